The highest BCUT2D eigenvalue weighted by molar-refractivity contribution is 6.03. The van der Waals surface area contributed by atoms with Crippen molar-refractivity contribution >= 4 is 27.1 Å². The van der Waals surface area contributed by atoms with E-state index < -0.39 is 0 Å². The first-order valence-electron chi connectivity index (χ1n) is 8.92. The van der Waals surface area contributed by atoms with Gasteiger partial charge in [0.25, 0.3) is 0 Å². The SMILES string of the molecule is CC(C)C=C(c1cccc2ccccc12)c1cccc2ccccc12. The molecule has 0 aliphatic rings. The molecular formula is C25H22. The van der Waals surface area contributed by atoms with Gasteiger partial charge in [0.1, 0.15) is 0 Å². The molecule has 0 radical (unpaired) electrons. The Hall–Kier alpha value is -2.86. The quantitative estimate of drug-likeness (QED) is 0.378. The van der Waals surface area contributed by atoms with Gasteiger partial charge < -0.3 is 0 Å². The lowest BCUT2D eigenvalue weighted by Gasteiger charge is -2.15. The Kier molecular flexibility index (Phi) is 4.11. The van der Waals surface area contributed by atoms with E-state index >= 15 is 0 Å². The van der Waals surface area contributed by atoms with E-state index in [4.69, 9.17) is 0 Å². The van der Waals surface area contributed by atoms with Gasteiger partial charge in [-0.25, -0.2) is 0 Å². The van der Waals surface area contributed by atoms with Crippen molar-refractivity contribution in [2.24, 2.45) is 5.92 Å². The van der Waals surface area contributed by atoms with Crippen molar-refractivity contribution in [3.8, 4) is 0 Å². The van der Waals surface area contributed by atoms with Crippen LogP contribution in [0.5, 0.6) is 0 Å². The molecule has 0 amide bonds. The van der Waals surface area contributed by atoms with Gasteiger partial charge >= 0.3 is 0 Å². The standard InChI is InChI=1S/C25H22/c1-18(2)17-25(23-15-7-11-19-9-3-5-13-21(19)23)24-16-8-12-20-10-4-6-14-22(20)24/h3-18H,1-2H3. The molecule has 0 heteroatoms. The van der Waals surface area contributed by atoms with Gasteiger partial charge in [0.05, 0.1) is 0 Å². The van der Waals surface area contributed by atoms with Gasteiger partial charge in [-0.05, 0) is 44.2 Å². The lowest BCUT2D eigenvalue weighted by atomic mass is 9.88. The summed E-state index contributed by atoms with van der Waals surface area (Å²) in [7, 11) is 0. The molecule has 0 bridgehead atoms. The highest BCUT2D eigenvalue weighted by atomic mass is 14.2. The van der Waals surface area contributed by atoms with Crippen molar-refractivity contribution in [1.82, 2.24) is 0 Å². The number of hydrogen-bond acceptors (Lipinski definition) is 0. The summed E-state index contributed by atoms with van der Waals surface area (Å²) in [5, 5.41) is 5.19. The van der Waals surface area contributed by atoms with Crippen LogP contribution in [0, 0.1) is 5.92 Å². The lowest BCUT2D eigenvalue weighted by molar-refractivity contribution is 0.834. The minimum Gasteiger partial charge on any atom is -0.0734 e. The molecule has 25 heavy (non-hydrogen) atoms. The predicted molar refractivity (Wildman–Crippen MR) is 110 cm³/mol. The summed E-state index contributed by atoms with van der Waals surface area (Å²) in [6, 6.07) is 30.5. The van der Waals surface area contributed by atoms with Gasteiger partial charge in [-0.15, -0.1) is 0 Å². The fraction of sp³-hybridized carbons (Fsp3) is 0.120. The third-order valence-corrected chi connectivity index (χ3v) is 4.66. The third kappa shape index (κ3) is 2.96. The Morgan fingerprint density at radius 1 is 0.600 bits per heavy atom. The second-order valence-electron chi connectivity index (χ2n) is 6.88. The number of benzene rings is 4. The van der Waals surface area contributed by atoms with Crippen molar-refractivity contribution in [3.63, 3.8) is 0 Å². The van der Waals surface area contributed by atoms with Crippen molar-refractivity contribution in [2.45, 2.75) is 13.8 Å². The largest absolute Gasteiger partial charge is 0.0734 e. The summed E-state index contributed by atoms with van der Waals surface area (Å²) in [6.07, 6.45) is 2.39. The zero-order valence-electron chi connectivity index (χ0n) is 14.7. The van der Waals surface area contributed by atoms with Crippen LogP contribution in [0.15, 0.2) is 91.0 Å². The molecule has 0 aromatic heterocycles. The molecule has 122 valence electrons. The van der Waals surface area contributed by atoms with Crippen molar-refractivity contribution in [2.75, 3.05) is 0 Å². The smallest absolute Gasteiger partial charge is 0.0102 e. The molecule has 4 rings (SSSR count). The highest BCUT2D eigenvalue weighted by Gasteiger charge is 2.12. The van der Waals surface area contributed by atoms with E-state index in [1.807, 2.05) is 0 Å². The van der Waals surface area contributed by atoms with Crippen LogP contribution < -0.4 is 0 Å². The van der Waals surface area contributed by atoms with E-state index in [-0.39, 0.29) is 0 Å². The summed E-state index contributed by atoms with van der Waals surface area (Å²) in [4.78, 5) is 0. The first kappa shape index (κ1) is 15.7. The van der Waals surface area contributed by atoms with Gasteiger partial charge in [0, 0.05) is 0 Å². The molecule has 4 aromatic rings. The second-order valence-corrected chi connectivity index (χ2v) is 6.88. The molecule has 0 saturated carbocycles. The van der Waals surface area contributed by atoms with E-state index in [0.717, 1.165) is 0 Å². The summed E-state index contributed by atoms with van der Waals surface area (Å²) in [5.41, 5.74) is 3.94. The Bertz CT molecular complexity index is 976. The minimum absolute atomic E-state index is 0.480. The number of allylic oxidation sites excluding steroid dienone is 1. The predicted octanol–water partition coefficient (Wildman–Crippen LogP) is 7.08. The molecule has 0 unspecified atom stereocenters. The van der Waals surface area contributed by atoms with E-state index in [9.17, 15) is 0 Å². The average molecular weight is 322 g/mol. The summed E-state index contributed by atoms with van der Waals surface area (Å²) in [5.74, 6) is 0.480. The highest BCUT2D eigenvalue weighted by Crippen LogP contribution is 2.34. The normalized spacial score (nSPS) is 11.2. The van der Waals surface area contributed by atoms with Gasteiger partial charge in [0.2, 0.25) is 0 Å². The molecule has 4 aromatic carbocycles. The van der Waals surface area contributed by atoms with E-state index in [2.05, 4.69) is 105 Å². The molecule has 0 aliphatic carbocycles. The molecule has 0 spiro atoms. The molecule has 0 N–H and O–H groups in total. The first-order chi connectivity index (χ1) is 12.2. The molecule has 0 aliphatic heterocycles. The molecule has 0 fully saturated rings. The van der Waals surface area contributed by atoms with Gasteiger partial charge in [-0.2, -0.15) is 0 Å². The Morgan fingerprint density at radius 3 is 1.52 bits per heavy atom. The number of rotatable bonds is 3. The Labute approximate surface area is 149 Å². The summed E-state index contributed by atoms with van der Waals surface area (Å²) >= 11 is 0. The van der Waals surface area contributed by atoms with Crippen LogP contribution in [-0.4, -0.2) is 0 Å². The van der Waals surface area contributed by atoms with Crippen molar-refractivity contribution in [3.05, 3.63) is 102 Å². The Morgan fingerprint density at radius 2 is 1.04 bits per heavy atom. The minimum atomic E-state index is 0.480. The molecule has 0 saturated heterocycles. The van der Waals surface area contributed by atoms with Crippen LogP contribution in [0.2, 0.25) is 0 Å². The summed E-state index contributed by atoms with van der Waals surface area (Å²) < 4.78 is 0. The number of fused-ring (bicyclic) bond motifs is 2. The van der Waals surface area contributed by atoms with Gasteiger partial charge in [0.15, 0.2) is 0 Å². The molecule has 0 heterocycles. The number of hydrogen-bond donors (Lipinski definition) is 0. The monoisotopic (exact) mass is 322 g/mol. The van der Waals surface area contributed by atoms with Crippen molar-refractivity contribution in [1.29, 1.82) is 0 Å². The zero-order valence-corrected chi connectivity index (χ0v) is 14.7. The Balaban J connectivity index is 2.05. The second kappa shape index (κ2) is 6.57. The fourth-order valence-corrected chi connectivity index (χ4v) is 3.58. The average Bonchev–Trinajstić information content (AvgIpc) is 2.65. The lowest BCUT2D eigenvalue weighted by Crippen LogP contribution is -1.94. The topological polar surface area (TPSA) is 0 Å². The van der Waals surface area contributed by atoms with Crippen molar-refractivity contribution < 1.29 is 0 Å². The zero-order chi connectivity index (χ0) is 17.2. The summed E-state index contributed by atoms with van der Waals surface area (Å²) in [6.45, 7) is 4.49. The van der Waals surface area contributed by atoms with E-state index in [1.54, 1.807) is 0 Å². The maximum atomic E-state index is 2.39. The molecular weight excluding hydrogens is 300 g/mol. The van der Waals surface area contributed by atoms with E-state index in [1.165, 1.54) is 38.2 Å². The van der Waals surface area contributed by atoms with E-state index in [0.29, 0.717) is 5.92 Å². The van der Waals surface area contributed by atoms with Gasteiger partial charge in [-0.1, -0.05) is 105 Å². The van der Waals surface area contributed by atoms with Crippen LogP contribution >= 0.6 is 0 Å². The van der Waals surface area contributed by atoms with Crippen LogP contribution in [-0.2, 0) is 0 Å². The first-order valence-corrected chi connectivity index (χ1v) is 8.92. The van der Waals surface area contributed by atoms with Gasteiger partial charge in [-0.3, -0.25) is 0 Å². The molecule has 0 nitrogen and oxygen atoms in total. The maximum absolute atomic E-state index is 2.39. The van der Waals surface area contributed by atoms with Crippen LogP contribution in [0.1, 0.15) is 25.0 Å². The van der Waals surface area contributed by atoms with Crippen LogP contribution in [0.3, 0.4) is 0 Å². The maximum Gasteiger partial charge on any atom is -0.0102 e. The van der Waals surface area contributed by atoms with Crippen LogP contribution in [0.4, 0.5) is 0 Å². The van der Waals surface area contributed by atoms with Crippen LogP contribution in [0.25, 0.3) is 27.1 Å². The fourth-order valence-electron chi connectivity index (χ4n) is 3.58. The molecule has 0 atom stereocenters. The third-order valence-electron chi connectivity index (χ3n) is 4.66.